The summed E-state index contributed by atoms with van der Waals surface area (Å²) < 4.78 is 0. The molecule has 3 aromatic carbocycles. The molecule has 0 saturated carbocycles. The summed E-state index contributed by atoms with van der Waals surface area (Å²) in [5, 5.41) is 2.62. The topological polar surface area (TPSA) is 0 Å². The van der Waals surface area contributed by atoms with E-state index in [2.05, 4.69) is 87.5 Å². The Hall–Kier alpha value is -2.34. The van der Waals surface area contributed by atoms with Gasteiger partial charge in [-0.1, -0.05) is 72.3 Å². The third kappa shape index (κ3) is 2.50. The maximum atomic E-state index is 2.28. The lowest BCUT2D eigenvalue weighted by atomic mass is 9.89. The first-order valence-corrected chi connectivity index (χ1v) is 7.43. The van der Waals surface area contributed by atoms with Gasteiger partial charge in [-0.05, 0) is 53.8 Å². The lowest BCUT2D eigenvalue weighted by molar-refractivity contribution is 1.44. The summed E-state index contributed by atoms with van der Waals surface area (Å²) in [6.07, 6.45) is 4.34. The first kappa shape index (κ1) is 13.6. The van der Waals surface area contributed by atoms with Crippen LogP contribution in [0.4, 0.5) is 0 Å². The van der Waals surface area contributed by atoms with E-state index in [0.717, 1.165) is 0 Å². The van der Waals surface area contributed by atoms with Crippen molar-refractivity contribution < 1.29 is 0 Å². The van der Waals surface area contributed by atoms with E-state index in [-0.39, 0.29) is 0 Å². The van der Waals surface area contributed by atoms with Gasteiger partial charge in [-0.25, -0.2) is 0 Å². The van der Waals surface area contributed by atoms with Crippen LogP contribution in [0.3, 0.4) is 0 Å². The summed E-state index contributed by atoms with van der Waals surface area (Å²) in [5.74, 6) is 0. The summed E-state index contributed by atoms with van der Waals surface area (Å²) >= 11 is 0. The Bertz CT molecular complexity index is 805. The molecule has 0 spiro atoms. The van der Waals surface area contributed by atoms with Crippen molar-refractivity contribution in [2.75, 3.05) is 0 Å². The molecule has 0 aliphatic carbocycles. The fourth-order valence-corrected chi connectivity index (χ4v) is 2.92. The smallest absolute Gasteiger partial charge is 0.00303 e. The number of allylic oxidation sites excluding steroid dienone is 1. The summed E-state index contributed by atoms with van der Waals surface area (Å²) in [6, 6.07) is 19.7. The van der Waals surface area contributed by atoms with Crippen molar-refractivity contribution >= 4 is 16.8 Å². The first-order valence-electron chi connectivity index (χ1n) is 7.43. The highest BCUT2D eigenvalue weighted by molar-refractivity contribution is 6.01. The van der Waals surface area contributed by atoms with E-state index in [0.29, 0.717) is 0 Å². The summed E-state index contributed by atoms with van der Waals surface area (Å²) in [5.41, 5.74) is 6.56. The van der Waals surface area contributed by atoms with E-state index < -0.39 is 0 Å². The molecule has 0 radical (unpaired) electrons. The monoisotopic (exact) mass is 272 g/mol. The lowest BCUT2D eigenvalue weighted by Crippen LogP contribution is -1.91. The lowest BCUT2D eigenvalue weighted by Gasteiger charge is -2.14. The Morgan fingerprint density at radius 3 is 2.29 bits per heavy atom. The molecule has 0 saturated heterocycles. The van der Waals surface area contributed by atoms with Crippen molar-refractivity contribution in [3.63, 3.8) is 0 Å². The van der Waals surface area contributed by atoms with Gasteiger partial charge in [-0.15, -0.1) is 0 Å². The number of hydrogen-bond donors (Lipinski definition) is 0. The molecule has 0 unspecified atom stereocenters. The van der Waals surface area contributed by atoms with Gasteiger partial charge >= 0.3 is 0 Å². The maximum absolute atomic E-state index is 2.28. The second-order valence-corrected chi connectivity index (χ2v) is 5.57. The molecule has 3 aromatic rings. The van der Waals surface area contributed by atoms with Crippen molar-refractivity contribution in [1.29, 1.82) is 0 Å². The second-order valence-electron chi connectivity index (χ2n) is 5.57. The number of rotatable bonds is 2. The number of fused-ring (bicyclic) bond motifs is 1. The molecule has 0 aromatic heterocycles. The predicted molar refractivity (Wildman–Crippen MR) is 93.6 cm³/mol. The number of benzene rings is 3. The molecule has 0 nitrogen and oxygen atoms in total. The quantitative estimate of drug-likeness (QED) is 0.524. The Labute approximate surface area is 126 Å². The third-order valence-electron chi connectivity index (χ3n) is 3.97. The maximum Gasteiger partial charge on any atom is -0.00303 e. The minimum atomic E-state index is 1.29. The molecular formula is C21H20. The molecule has 0 amide bonds. The third-order valence-corrected chi connectivity index (χ3v) is 3.97. The SMILES string of the molecule is C/C=C\c1c(C)cc2ccccc2c1-c1ccc(C)cc1. The fraction of sp³-hybridized carbons (Fsp3) is 0.143. The van der Waals surface area contributed by atoms with Crippen LogP contribution >= 0.6 is 0 Å². The van der Waals surface area contributed by atoms with Crippen molar-refractivity contribution in [2.24, 2.45) is 0 Å². The molecule has 0 atom stereocenters. The normalized spacial score (nSPS) is 11.4. The van der Waals surface area contributed by atoms with Crippen LogP contribution in [0.25, 0.3) is 28.0 Å². The van der Waals surface area contributed by atoms with E-state index in [1.165, 1.54) is 38.6 Å². The van der Waals surface area contributed by atoms with E-state index in [4.69, 9.17) is 0 Å². The summed E-state index contributed by atoms with van der Waals surface area (Å²) in [6.45, 7) is 6.40. The number of hydrogen-bond acceptors (Lipinski definition) is 0. The minimum absolute atomic E-state index is 1.29. The van der Waals surface area contributed by atoms with E-state index >= 15 is 0 Å². The zero-order valence-corrected chi connectivity index (χ0v) is 12.9. The van der Waals surface area contributed by atoms with Crippen LogP contribution in [0.15, 0.2) is 60.7 Å². The van der Waals surface area contributed by atoms with Crippen molar-refractivity contribution in [3.8, 4) is 11.1 Å². The molecule has 0 N–H and O–H groups in total. The Morgan fingerprint density at radius 1 is 0.857 bits per heavy atom. The molecule has 0 aliphatic heterocycles. The average Bonchev–Trinajstić information content (AvgIpc) is 2.49. The van der Waals surface area contributed by atoms with E-state index in [1.54, 1.807) is 0 Å². The van der Waals surface area contributed by atoms with Crippen LogP contribution < -0.4 is 0 Å². The van der Waals surface area contributed by atoms with Gasteiger partial charge in [0.1, 0.15) is 0 Å². The zero-order chi connectivity index (χ0) is 14.8. The van der Waals surface area contributed by atoms with Crippen molar-refractivity contribution in [2.45, 2.75) is 20.8 Å². The summed E-state index contributed by atoms with van der Waals surface area (Å²) in [4.78, 5) is 0. The van der Waals surface area contributed by atoms with Gasteiger partial charge in [0.25, 0.3) is 0 Å². The van der Waals surface area contributed by atoms with Gasteiger partial charge in [0, 0.05) is 0 Å². The minimum Gasteiger partial charge on any atom is -0.0870 e. The van der Waals surface area contributed by atoms with Gasteiger partial charge in [-0.3, -0.25) is 0 Å². The molecule has 21 heavy (non-hydrogen) atoms. The Morgan fingerprint density at radius 2 is 1.57 bits per heavy atom. The van der Waals surface area contributed by atoms with Crippen LogP contribution in [0, 0.1) is 13.8 Å². The molecule has 0 heteroatoms. The highest BCUT2D eigenvalue weighted by Crippen LogP contribution is 2.35. The standard InChI is InChI=1S/C21H20/c1-4-7-19-16(3)14-18-8-5-6-9-20(18)21(19)17-12-10-15(2)11-13-17/h4-14H,1-3H3/b7-4-. The van der Waals surface area contributed by atoms with Crippen molar-refractivity contribution in [3.05, 3.63) is 77.4 Å². The van der Waals surface area contributed by atoms with Crippen LogP contribution in [0.1, 0.15) is 23.6 Å². The summed E-state index contributed by atoms with van der Waals surface area (Å²) in [7, 11) is 0. The van der Waals surface area contributed by atoms with Crippen LogP contribution in [-0.2, 0) is 0 Å². The van der Waals surface area contributed by atoms with E-state index in [1.807, 2.05) is 0 Å². The highest BCUT2D eigenvalue weighted by Gasteiger charge is 2.10. The molecule has 0 aliphatic rings. The van der Waals surface area contributed by atoms with Crippen LogP contribution in [-0.4, -0.2) is 0 Å². The largest absolute Gasteiger partial charge is 0.0870 e. The average molecular weight is 272 g/mol. The van der Waals surface area contributed by atoms with Crippen LogP contribution in [0.5, 0.6) is 0 Å². The van der Waals surface area contributed by atoms with Crippen LogP contribution in [0.2, 0.25) is 0 Å². The van der Waals surface area contributed by atoms with Gasteiger partial charge < -0.3 is 0 Å². The second kappa shape index (κ2) is 5.57. The first-order chi connectivity index (χ1) is 10.2. The van der Waals surface area contributed by atoms with Gasteiger partial charge in [0.2, 0.25) is 0 Å². The Balaban J connectivity index is 2.41. The van der Waals surface area contributed by atoms with Gasteiger partial charge in [0.15, 0.2) is 0 Å². The zero-order valence-electron chi connectivity index (χ0n) is 12.9. The van der Waals surface area contributed by atoms with Gasteiger partial charge in [-0.2, -0.15) is 0 Å². The van der Waals surface area contributed by atoms with Gasteiger partial charge in [0.05, 0.1) is 0 Å². The molecular weight excluding hydrogens is 252 g/mol. The number of aryl methyl sites for hydroxylation is 2. The van der Waals surface area contributed by atoms with Crippen molar-refractivity contribution in [1.82, 2.24) is 0 Å². The van der Waals surface area contributed by atoms with E-state index in [9.17, 15) is 0 Å². The predicted octanol–water partition coefficient (Wildman–Crippen LogP) is 6.16. The molecule has 0 heterocycles. The molecule has 3 rings (SSSR count). The fourth-order valence-electron chi connectivity index (χ4n) is 2.92. The Kier molecular flexibility index (Phi) is 3.62. The molecule has 104 valence electrons. The molecule has 0 bridgehead atoms. The highest BCUT2D eigenvalue weighted by atomic mass is 14.1. The molecule has 0 fully saturated rings.